The standard InChI is InChI=1S/C7H6O3.C6H6O2.Na.H/c8-6-4-2-1-3-5(6)7(9)10;7-5-3-1-2-4-6(5)8;;/h1-4,8H,(H,9,10);1-4,7-8H;;/q;;+1;-1. The van der Waals surface area contributed by atoms with Gasteiger partial charge >= 0.3 is 35.5 Å². The van der Waals surface area contributed by atoms with Gasteiger partial charge < -0.3 is 21.9 Å². The van der Waals surface area contributed by atoms with E-state index in [0.29, 0.717) is 0 Å². The Morgan fingerprint density at radius 1 is 0.789 bits per heavy atom. The van der Waals surface area contributed by atoms with Crippen LogP contribution in [0.4, 0.5) is 0 Å². The van der Waals surface area contributed by atoms with Crippen LogP contribution in [0.5, 0.6) is 17.2 Å². The summed E-state index contributed by atoms with van der Waals surface area (Å²) in [5.41, 5.74) is -0.0671. The fourth-order valence-electron chi connectivity index (χ4n) is 1.12. The first-order valence-electron chi connectivity index (χ1n) is 5.00. The maximum absolute atomic E-state index is 10.3. The van der Waals surface area contributed by atoms with Gasteiger partial charge in [-0.3, -0.25) is 0 Å². The molecule has 2 aromatic carbocycles. The van der Waals surface area contributed by atoms with Crippen molar-refractivity contribution >= 4 is 5.97 Å². The average Bonchev–Trinajstić information content (AvgIpc) is 2.34. The van der Waals surface area contributed by atoms with Crippen molar-refractivity contribution in [3.05, 3.63) is 54.1 Å². The van der Waals surface area contributed by atoms with Gasteiger partial charge in [-0.2, -0.15) is 0 Å². The van der Waals surface area contributed by atoms with Crippen LogP contribution < -0.4 is 29.6 Å². The molecule has 0 unspecified atom stereocenters. The van der Waals surface area contributed by atoms with Gasteiger partial charge in [0.15, 0.2) is 11.5 Å². The van der Waals surface area contributed by atoms with Crippen LogP contribution in [0.3, 0.4) is 0 Å². The summed E-state index contributed by atoms with van der Waals surface area (Å²) in [6.45, 7) is 0. The van der Waals surface area contributed by atoms with Crippen molar-refractivity contribution < 1.29 is 56.2 Å². The van der Waals surface area contributed by atoms with E-state index in [1.165, 1.54) is 24.3 Å². The topological polar surface area (TPSA) is 98.0 Å². The Bertz CT molecular complexity index is 527. The Morgan fingerprint density at radius 3 is 1.42 bits per heavy atom. The van der Waals surface area contributed by atoms with Crippen LogP contribution in [0.25, 0.3) is 0 Å². The molecular formula is C13H13NaO5. The van der Waals surface area contributed by atoms with Crippen molar-refractivity contribution in [3.63, 3.8) is 0 Å². The zero-order valence-electron chi connectivity index (χ0n) is 11.3. The average molecular weight is 272 g/mol. The Hall–Kier alpha value is -1.69. The first kappa shape index (κ1) is 17.3. The number of carboxylic acid groups (broad SMARTS) is 1. The van der Waals surface area contributed by atoms with Crippen LogP contribution in [0, 0.1) is 0 Å². The minimum absolute atomic E-state index is 0. The summed E-state index contributed by atoms with van der Waals surface area (Å²) < 4.78 is 0. The van der Waals surface area contributed by atoms with E-state index in [0.717, 1.165) is 0 Å². The second-order valence-electron chi connectivity index (χ2n) is 3.31. The van der Waals surface area contributed by atoms with Gasteiger partial charge in [0, 0.05) is 0 Å². The summed E-state index contributed by atoms with van der Waals surface area (Å²) in [5, 5.41) is 34.6. The summed E-state index contributed by atoms with van der Waals surface area (Å²) in [6.07, 6.45) is 0. The van der Waals surface area contributed by atoms with Crippen molar-refractivity contribution in [1.82, 2.24) is 0 Å². The number of rotatable bonds is 1. The van der Waals surface area contributed by atoms with Crippen molar-refractivity contribution in [2.75, 3.05) is 0 Å². The molecule has 0 spiro atoms. The molecule has 0 aliphatic carbocycles. The number of phenolic OH excluding ortho intramolecular Hbond substituents is 2. The van der Waals surface area contributed by atoms with Gasteiger partial charge in [0.25, 0.3) is 0 Å². The molecule has 2 aromatic rings. The second-order valence-corrected chi connectivity index (χ2v) is 3.31. The number of benzene rings is 2. The van der Waals surface area contributed by atoms with Gasteiger partial charge in [-0.1, -0.05) is 24.3 Å². The maximum atomic E-state index is 10.3. The van der Waals surface area contributed by atoms with Crippen molar-refractivity contribution in [2.45, 2.75) is 0 Å². The van der Waals surface area contributed by atoms with Gasteiger partial charge in [0.2, 0.25) is 0 Å². The molecule has 96 valence electrons. The number of aromatic hydroxyl groups is 3. The van der Waals surface area contributed by atoms with Crippen LogP contribution in [0.1, 0.15) is 11.8 Å². The third kappa shape index (κ3) is 5.65. The Labute approximate surface area is 133 Å². The molecule has 0 saturated heterocycles. The largest absolute Gasteiger partial charge is 1.00 e. The summed E-state index contributed by atoms with van der Waals surface area (Å²) in [5.74, 6) is -1.46. The van der Waals surface area contributed by atoms with Crippen molar-refractivity contribution in [1.29, 1.82) is 0 Å². The second kappa shape index (κ2) is 8.42. The Balaban J connectivity index is 0. The van der Waals surface area contributed by atoms with Crippen LogP contribution in [-0.4, -0.2) is 26.4 Å². The van der Waals surface area contributed by atoms with Crippen LogP contribution in [-0.2, 0) is 0 Å². The minimum Gasteiger partial charge on any atom is -1.00 e. The molecule has 0 fully saturated rings. The van der Waals surface area contributed by atoms with E-state index in [9.17, 15) is 4.79 Å². The summed E-state index contributed by atoms with van der Waals surface area (Å²) >= 11 is 0. The molecular weight excluding hydrogens is 259 g/mol. The zero-order chi connectivity index (χ0) is 13.5. The normalized spacial score (nSPS) is 8.63. The van der Waals surface area contributed by atoms with Crippen molar-refractivity contribution in [3.8, 4) is 17.2 Å². The van der Waals surface area contributed by atoms with Gasteiger partial charge in [-0.05, 0) is 24.3 Å². The van der Waals surface area contributed by atoms with Gasteiger partial charge in [0.05, 0.1) is 0 Å². The van der Waals surface area contributed by atoms with Crippen LogP contribution in [0.2, 0.25) is 0 Å². The summed E-state index contributed by atoms with van der Waals surface area (Å²) in [7, 11) is 0. The predicted octanol–water partition coefficient (Wildman–Crippen LogP) is -0.695. The van der Waals surface area contributed by atoms with E-state index in [4.69, 9.17) is 20.4 Å². The molecule has 0 atom stereocenters. The SMILES string of the molecule is O=C(O)c1ccccc1O.Oc1ccccc1O.[H-].[Na+]. The molecule has 0 saturated carbocycles. The van der Waals surface area contributed by atoms with Crippen molar-refractivity contribution in [2.24, 2.45) is 0 Å². The number of phenols is 3. The Kier molecular flexibility index (Phi) is 7.67. The first-order chi connectivity index (χ1) is 8.52. The fourth-order valence-corrected chi connectivity index (χ4v) is 1.12. The molecule has 0 radical (unpaired) electrons. The minimum atomic E-state index is -1.11. The van der Waals surface area contributed by atoms with E-state index in [1.54, 1.807) is 24.3 Å². The summed E-state index contributed by atoms with van der Waals surface area (Å²) in [6, 6.07) is 12.0. The molecule has 6 heteroatoms. The smallest absolute Gasteiger partial charge is 1.00 e. The molecule has 0 aromatic heterocycles. The first-order valence-corrected chi connectivity index (χ1v) is 5.00. The number of carboxylic acids is 1. The molecule has 4 N–H and O–H groups in total. The van der Waals surface area contributed by atoms with E-state index in [-0.39, 0.29) is 53.8 Å². The molecule has 5 nitrogen and oxygen atoms in total. The predicted molar refractivity (Wildman–Crippen MR) is 65.9 cm³/mol. The monoisotopic (exact) mass is 272 g/mol. The van der Waals surface area contributed by atoms with Gasteiger partial charge in [-0.15, -0.1) is 0 Å². The molecule has 2 rings (SSSR count). The summed E-state index contributed by atoms with van der Waals surface area (Å²) in [4.78, 5) is 10.3. The number of hydrogen-bond acceptors (Lipinski definition) is 4. The number of carbonyl (C=O) groups is 1. The quantitative estimate of drug-likeness (QED) is 0.407. The van der Waals surface area contributed by atoms with E-state index >= 15 is 0 Å². The van der Waals surface area contributed by atoms with E-state index in [2.05, 4.69) is 0 Å². The van der Waals surface area contributed by atoms with E-state index in [1.807, 2.05) is 0 Å². The zero-order valence-corrected chi connectivity index (χ0v) is 12.3. The van der Waals surface area contributed by atoms with Crippen LogP contribution in [0.15, 0.2) is 48.5 Å². The maximum Gasteiger partial charge on any atom is 1.00 e. The molecule has 0 bridgehead atoms. The molecule has 19 heavy (non-hydrogen) atoms. The third-order valence-corrected chi connectivity index (χ3v) is 2.02. The van der Waals surface area contributed by atoms with E-state index < -0.39 is 5.97 Å². The number of hydrogen-bond donors (Lipinski definition) is 4. The molecule has 0 heterocycles. The molecule has 0 amide bonds. The Morgan fingerprint density at radius 2 is 1.16 bits per heavy atom. The van der Waals surface area contributed by atoms with Gasteiger partial charge in [-0.25, -0.2) is 4.79 Å². The molecule has 0 aliphatic heterocycles. The van der Waals surface area contributed by atoms with Gasteiger partial charge in [0.1, 0.15) is 11.3 Å². The third-order valence-electron chi connectivity index (χ3n) is 2.02. The number of para-hydroxylation sites is 3. The fraction of sp³-hybridized carbons (Fsp3) is 0. The van der Waals surface area contributed by atoms with Crippen LogP contribution >= 0.6 is 0 Å². The number of aromatic carboxylic acids is 1. The molecule has 0 aliphatic rings.